The molecule has 16 heavy (non-hydrogen) atoms. The lowest BCUT2D eigenvalue weighted by Gasteiger charge is -2.10. The average molecular weight is 226 g/mol. The van der Waals surface area contributed by atoms with E-state index in [-0.39, 0.29) is 0 Å². The standard InChI is InChI=1S/C11H22N4O/c1-5-9-10(12)11(15(4)13-9)16-8-6-7-14(2)3/h5-8,12H2,1-4H3. The van der Waals surface area contributed by atoms with Crippen molar-refractivity contribution in [2.24, 2.45) is 7.05 Å². The van der Waals surface area contributed by atoms with Crippen LogP contribution < -0.4 is 10.5 Å². The molecule has 0 aliphatic carbocycles. The van der Waals surface area contributed by atoms with E-state index in [0.717, 1.165) is 25.1 Å². The lowest BCUT2D eigenvalue weighted by molar-refractivity contribution is 0.264. The molecule has 5 nitrogen and oxygen atoms in total. The van der Waals surface area contributed by atoms with E-state index in [1.807, 2.05) is 28.1 Å². The summed E-state index contributed by atoms with van der Waals surface area (Å²) < 4.78 is 7.36. The highest BCUT2D eigenvalue weighted by atomic mass is 16.5. The molecule has 0 amide bonds. The van der Waals surface area contributed by atoms with Gasteiger partial charge >= 0.3 is 0 Å². The third-order valence-corrected chi connectivity index (χ3v) is 2.43. The third kappa shape index (κ3) is 3.13. The molecule has 1 aromatic heterocycles. The lowest BCUT2D eigenvalue weighted by atomic mass is 10.3. The van der Waals surface area contributed by atoms with Crippen molar-refractivity contribution in [3.05, 3.63) is 5.69 Å². The summed E-state index contributed by atoms with van der Waals surface area (Å²) in [5, 5.41) is 4.30. The van der Waals surface area contributed by atoms with E-state index in [9.17, 15) is 0 Å². The SMILES string of the molecule is CCc1nn(C)c(OCCCN(C)C)c1N. The zero-order valence-electron chi connectivity index (χ0n) is 10.7. The van der Waals surface area contributed by atoms with Crippen LogP contribution in [0.25, 0.3) is 0 Å². The van der Waals surface area contributed by atoms with Crippen LogP contribution in [0.15, 0.2) is 0 Å². The Morgan fingerprint density at radius 2 is 2.12 bits per heavy atom. The van der Waals surface area contributed by atoms with E-state index in [4.69, 9.17) is 10.5 Å². The molecule has 0 saturated carbocycles. The van der Waals surface area contributed by atoms with Crippen LogP contribution in [0.3, 0.4) is 0 Å². The Morgan fingerprint density at radius 1 is 1.44 bits per heavy atom. The minimum Gasteiger partial charge on any atom is -0.476 e. The summed E-state index contributed by atoms with van der Waals surface area (Å²) in [7, 11) is 5.96. The fraction of sp³-hybridized carbons (Fsp3) is 0.727. The van der Waals surface area contributed by atoms with Gasteiger partial charge in [-0.2, -0.15) is 5.10 Å². The second-order valence-electron chi connectivity index (χ2n) is 4.15. The van der Waals surface area contributed by atoms with Crippen molar-refractivity contribution in [3.63, 3.8) is 0 Å². The number of rotatable bonds is 6. The molecule has 1 aromatic rings. The van der Waals surface area contributed by atoms with E-state index in [1.54, 1.807) is 4.68 Å². The number of aryl methyl sites for hydroxylation is 2. The maximum absolute atomic E-state index is 5.94. The molecule has 0 saturated heterocycles. The summed E-state index contributed by atoms with van der Waals surface area (Å²) in [6.45, 7) is 3.72. The number of nitrogen functional groups attached to an aromatic ring is 1. The van der Waals surface area contributed by atoms with Crippen LogP contribution in [-0.2, 0) is 13.5 Å². The van der Waals surface area contributed by atoms with Crippen molar-refractivity contribution in [1.82, 2.24) is 14.7 Å². The molecule has 0 unspecified atom stereocenters. The zero-order chi connectivity index (χ0) is 12.1. The highest BCUT2D eigenvalue weighted by molar-refractivity contribution is 5.53. The first-order valence-corrected chi connectivity index (χ1v) is 5.65. The highest BCUT2D eigenvalue weighted by Gasteiger charge is 2.12. The van der Waals surface area contributed by atoms with Gasteiger partial charge in [0.1, 0.15) is 5.69 Å². The quantitative estimate of drug-likeness (QED) is 0.732. The lowest BCUT2D eigenvalue weighted by Crippen LogP contribution is -2.16. The van der Waals surface area contributed by atoms with Crippen LogP contribution in [-0.4, -0.2) is 41.9 Å². The van der Waals surface area contributed by atoms with Crippen molar-refractivity contribution in [1.29, 1.82) is 0 Å². The van der Waals surface area contributed by atoms with E-state index in [2.05, 4.69) is 10.00 Å². The van der Waals surface area contributed by atoms with Gasteiger partial charge in [-0.1, -0.05) is 6.92 Å². The van der Waals surface area contributed by atoms with E-state index < -0.39 is 0 Å². The minimum atomic E-state index is 0.672. The number of aromatic nitrogens is 2. The minimum absolute atomic E-state index is 0.672. The molecule has 0 spiro atoms. The Hall–Kier alpha value is -1.23. The number of nitrogens with zero attached hydrogens (tertiary/aromatic N) is 3. The van der Waals surface area contributed by atoms with Crippen molar-refractivity contribution in [3.8, 4) is 5.88 Å². The molecule has 0 aliphatic rings. The molecule has 0 aromatic carbocycles. The summed E-state index contributed by atoms with van der Waals surface area (Å²) in [5.41, 5.74) is 7.52. The maximum atomic E-state index is 5.94. The summed E-state index contributed by atoms with van der Waals surface area (Å²) in [6, 6.07) is 0. The van der Waals surface area contributed by atoms with Gasteiger partial charge in [-0.25, -0.2) is 4.68 Å². The van der Waals surface area contributed by atoms with Gasteiger partial charge in [0, 0.05) is 13.6 Å². The second-order valence-corrected chi connectivity index (χ2v) is 4.15. The topological polar surface area (TPSA) is 56.3 Å². The first kappa shape index (κ1) is 12.8. The van der Waals surface area contributed by atoms with Crippen molar-refractivity contribution in [2.75, 3.05) is 33.0 Å². The number of anilines is 1. The van der Waals surface area contributed by atoms with Crippen molar-refractivity contribution < 1.29 is 4.74 Å². The first-order valence-electron chi connectivity index (χ1n) is 5.65. The molecule has 0 bridgehead atoms. The molecule has 0 aliphatic heterocycles. The van der Waals surface area contributed by atoms with Gasteiger partial charge < -0.3 is 15.4 Å². The summed E-state index contributed by atoms with van der Waals surface area (Å²) in [4.78, 5) is 2.13. The van der Waals surface area contributed by atoms with Gasteiger partial charge in [-0.05, 0) is 26.9 Å². The molecule has 0 radical (unpaired) electrons. The smallest absolute Gasteiger partial charge is 0.235 e. The molecular formula is C11H22N4O. The predicted molar refractivity (Wildman–Crippen MR) is 65.7 cm³/mol. The molecular weight excluding hydrogens is 204 g/mol. The number of ether oxygens (including phenoxy) is 1. The highest BCUT2D eigenvalue weighted by Crippen LogP contribution is 2.24. The van der Waals surface area contributed by atoms with Crippen molar-refractivity contribution >= 4 is 5.69 Å². The Kier molecular flexibility index (Phi) is 4.61. The largest absolute Gasteiger partial charge is 0.476 e. The predicted octanol–water partition coefficient (Wildman–Crippen LogP) is 0.895. The Balaban J connectivity index is 2.50. The first-order chi connectivity index (χ1) is 7.56. The van der Waals surface area contributed by atoms with Crippen LogP contribution in [0.1, 0.15) is 19.0 Å². The average Bonchev–Trinajstić information content (AvgIpc) is 2.50. The summed E-state index contributed by atoms with van der Waals surface area (Å²) in [5.74, 6) is 0.690. The summed E-state index contributed by atoms with van der Waals surface area (Å²) in [6.07, 6.45) is 1.82. The zero-order valence-corrected chi connectivity index (χ0v) is 10.7. The van der Waals surface area contributed by atoms with Crippen molar-refractivity contribution in [2.45, 2.75) is 19.8 Å². The van der Waals surface area contributed by atoms with Gasteiger partial charge in [0.25, 0.3) is 0 Å². The van der Waals surface area contributed by atoms with Crippen LogP contribution in [0, 0.1) is 0 Å². The molecule has 0 fully saturated rings. The molecule has 1 heterocycles. The van der Waals surface area contributed by atoms with Gasteiger partial charge in [0.05, 0.1) is 12.3 Å². The van der Waals surface area contributed by atoms with E-state index in [1.165, 1.54) is 0 Å². The van der Waals surface area contributed by atoms with Gasteiger partial charge in [0.15, 0.2) is 0 Å². The number of hydrogen-bond acceptors (Lipinski definition) is 4. The fourth-order valence-electron chi connectivity index (χ4n) is 1.56. The van der Waals surface area contributed by atoms with Crippen LogP contribution in [0.4, 0.5) is 5.69 Å². The molecule has 0 atom stereocenters. The Labute approximate surface area is 97.2 Å². The normalized spacial score (nSPS) is 11.1. The van der Waals surface area contributed by atoms with Crippen LogP contribution in [0.2, 0.25) is 0 Å². The van der Waals surface area contributed by atoms with Gasteiger partial charge in [0.2, 0.25) is 5.88 Å². The molecule has 2 N–H and O–H groups in total. The van der Waals surface area contributed by atoms with Gasteiger partial charge in [-0.15, -0.1) is 0 Å². The molecule has 5 heteroatoms. The van der Waals surface area contributed by atoms with Crippen LogP contribution >= 0.6 is 0 Å². The van der Waals surface area contributed by atoms with Crippen LogP contribution in [0.5, 0.6) is 5.88 Å². The number of hydrogen-bond donors (Lipinski definition) is 1. The monoisotopic (exact) mass is 226 g/mol. The van der Waals surface area contributed by atoms with E-state index in [0.29, 0.717) is 18.2 Å². The number of nitrogens with two attached hydrogens (primary N) is 1. The molecule has 1 rings (SSSR count). The summed E-state index contributed by atoms with van der Waals surface area (Å²) >= 11 is 0. The third-order valence-electron chi connectivity index (χ3n) is 2.43. The maximum Gasteiger partial charge on any atom is 0.235 e. The second kappa shape index (κ2) is 5.75. The fourth-order valence-corrected chi connectivity index (χ4v) is 1.56. The van der Waals surface area contributed by atoms with Gasteiger partial charge in [-0.3, -0.25) is 0 Å². The molecule has 92 valence electrons. The Morgan fingerprint density at radius 3 is 2.62 bits per heavy atom. The Bertz CT molecular complexity index is 333. The van der Waals surface area contributed by atoms with E-state index >= 15 is 0 Å².